The highest BCUT2D eigenvalue weighted by Crippen LogP contribution is 2.30. The van der Waals surface area contributed by atoms with Crippen LogP contribution < -0.4 is 0 Å². The zero-order chi connectivity index (χ0) is 13.2. The zero-order valence-electron chi connectivity index (χ0n) is 12.2. The fraction of sp³-hybridized carbons (Fsp3) is 0.938. The molecule has 1 atom stereocenters. The van der Waals surface area contributed by atoms with Gasteiger partial charge >= 0.3 is 5.97 Å². The molecule has 1 fully saturated rings. The van der Waals surface area contributed by atoms with Crippen LogP contribution in [0.15, 0.2) is 0 Å². The third-order valence-electron chi connectivity index (χ3n) is 4.27. The van der Waals surface area contributed by atoms with Crippen molar-refractivity contribution in [2.75, 3.05) is 7.11 Å². The first-order chi connectivity index (χ1) is 8.72. The molecule has 0 N–H and O–H groups in total. The van der Waals surface area contributed by atoms with Crippen LogP contribution in [-0.2, 0) is 9.53 Å². The minimum Gasteiger partial charge on any atom is -0.469 e. The number of methoxy groups -OCH3 is 1. The van der Waals surface area contributed by atoms with E-state index in [2.05, 4.69) is 11.7 Å². The van der Waals surface area contributed by atoms with Gasteiger partial charge in [0, 0.05) is 6.42 Å². The molecule has 0 aromatic heterocycles. The second kappa shape index (κ2) is 9.41. The molecule has 1 saturated carbocycles. The fourth-order valence-corrected chi connectivity index (χ4v) is 3.15. The Balaban J connectivity index is 1.95. The predicted octanol–water partition coefficient (Wildman–Crippen LogP) is 4.72. The van der Waals surface area contributed by atoms with Crippen LogP contribution in [0.25, 0.3) is 0 Å². The zero-order valence-corrected chi connectivity index (χ0v) is 12.2. The second-order valence-electron chi connectivity index (χ2n) is 6.02. The van der Waals surface area contributed by atoms with E-state index in [0.717, 1.165) is 18.3 Å². The SMILES string of the molecule is COC(=O)CCCCCC(C)CC1CCCCC1. The van der Waals surface area contributed by atoms with E-state index in [1.807, 2.05) is 0 Å². The summed E-state index contributed by atoms with van der Waals surface area (Å²) < 4.78 is 4.64. The molecule has 2 heteroatoms. The highest BCUT2D eigenvalue weighted by atomic mass is 16.5. The lowest BCUT2D eigenvalue weighted by molar-refractivity contribution is -0.140. The van der Waals surface area contributed by atoms with Crippen LogP contribution in [0.4, 0.5) is 0 Å². The molecule has 2 nitrogen and oxygen atoms in total. The van der Waals surface area contributed by atoms with Gasteiger partial charge in [0.15, 0.2) is 0 Å². The summed E-state index contributed by atoms with van der Waals surface area (Å²) in [5.74, 6) is 1.81. The summed E-state index contributed by atoms with van der Waals surface area (Å²) >= 11 is 0. The van der Waals surface area contributed by atoms with Crippen molar-refractivity contribution in [3.05, 3.63) is 0 Å². The summed E-state index contributed by atoms with van der Waals surface area (Å²) in [5.41, 5.74) is 0. The maximum absolute atomic E-state index is 10.9. The maximum atomic E-state index is 10.9. The van der Waals surface area contributed by atoms with Crippen LogP contribution in [0.5, 0.6) is 0 Å². The number of carbonyl (C=O) groups is 1. The molecule has 1 unspecified atom stereocenters. The molecule has 0 aliphatic heterocycles. The lowest BCUT2D eigenvalue weighted by Gasteiger charge is -2.24. The van der Waals surface area contributed by atoms with Crippen molar-refractivity contribution in [1.82, 2.24) is 0 Å². The van der Waals surface area contributed by atoms with Gasteiger partial charge in [-0.3, -0.25) is 4.79 Å². The number of carbonyl (C=O) groups excluding carboxylic acids is 1. The van der Waals surface area contributed by atoms with Crippen molar-refractivity contribution < 1.29 is 9.53 Å². The van der Waals surface area contributed by atoms with Crippen molar-refractivity contribution in [3.63, 3.8) is 0 Å². The molecule has 106 valence electrons. The summed E-state index contributed by atoms with van der Waals surface area (Å²) in [6.07, 6.45) is 14.1. The number of hydrogen-bond acceptors (Lipinski definition) is 2. The molecule has 0 bridgehead atoms. The minimum absolute atomic E-state index is 0.0646. The van der Waals surface area contributed by atoms with E-state index in [1.165, 1.54) is 64.9 Å². The molecule has 1 rings (SSSR count). The second-order valence-corrected chi connectivity index (χ2v) is 6.02. The topological polar surface area (TPSA) is 26.3 Å². The molecule has 0 aromatic rings. The Morgan fingerprint density at radius 2 is 1.89 bits per heavy atom. The van der Waals surface area contributed by atoms with Crippen molar-refractivity contribution in [3.8, 4) is 0 Å². The van der Waals surface area contributed by atoms with Gasteiger partial charge in [0.2, 0.25) is 0 Å². The third kappa shape index (κ3) is 7.03. The fourth-order valence-electron chi connectivity index (χ4n) is 3.15. The third-order valence-corrected chi connectivity index (χ3v) is 4.27. The summed E-state index contributed by atoms with van der Waals surface area (Å²) in [4.78, 5) is 10.9. The normalized spacial score (nSPS) is 18.6. The average molecular weight is 254 g/mol. The van der Waals surface area contributed by atoms with E-state index in [0.29, 0.717) is 6.42 Å². The molecule has 0 aromatic carbocycles. The number of hydrogen-bond donors (Lipinski definition) is 0. The highest BCUT2D eigenvalue weighted by molar-refractivity contribution is 5.68. The molecule has 0 heterocycles. The molecule has 0 spiro atoms. The van der Waals surface area contributed by atoms with E-state index in [1.54, 1.807) is 0 Å². The van der Waals surface area contributed by atoms with Gasteiger partial charge in [-0.15, -0.1) is 0 Å². The van der Waals surface area contributed by atoms with Crippen molar-refractivity contribution in [1.29, 1.82) is 0 Å². The van der Waals surface area contributed by atoms with Crippen molar-refractivity contribution in [2.24, 2.45) is 11.8 Å². The van der Waals surface area contributed by atoms with Crippen molar-refractivity contribution in [2.45, 2.75) is 77.6 Å². The van der Waals surface area contributed by atoms with Crippen LogP contribution in [-0.4, -0.2) is 13.1 Å². The van der Waals surface area contributed by atoms with Crippen LogP contribution in [0, 0.1) is 11.8 Å². The van der Waals surface area contributed by atoms with Crippen LogP contribution in [0.1, 0.15) is 77.6 Å². The molecular formula is C16H30O2. The van der Waals surface area contributed by atoms with Gasteiger partial charge in [0.1, 0.15) is 0 Å². The number of unbranched alkanes of at least 4 members (excludes halogenated alkanes) is 2. The Kier molecular flexibility index (Phi) is 8.11. The molecule has 18 heavy (non-hydrogen) atoms. The van der Waals surface area contributed by atoms with Gasteiger partial charge in [-0.05, 0) is 24.7 Å². The maximum Gasteiger partial charge on any atom is 0.305 e. The van der Waals surface area contributed by atoms with Gasteiger partial charge in [-0.1, -0.05) is 58.3 Å². The number of ether oxygens (including phenoxy) is 1. The van der Waals surface area contributed by atoms with Gasteiger partial charge in [0.25, 0.3) is 0 Å². The first kappa shape index (κ1) is 15.5. The first-order valence-electron chi connectivity index (χ1n) is 7.79. The van der Waals surface area contributed by atoms with Crippen molar-refractivity contribution >= 4 is 5.97 Å². The Morgan fingerprint density at radius 1 is 1.17 bits per heavy atom. The molecule has 1 aliphatic carbocycles. The molecule has 0 saturated heterocycles. The van der Waals surface area contributed by atoms with Gasteiger partial charge < -0.3 is 4.74 Å². The summed E-state index contributed by atoms with van der Waals surface area (Å²) in [5, 5.41) is 0. The Labute approximate surface area is 112 Å². The molecule has 1 aliphatic rings. The summed E-state index contributed by atoms with van der Waals surface area (Å²) in [6.45, 7) is 2.40. The van der Waals surface area contributed by atoms with Crippen LogP contribution >= 0.6 is 0 Å². The van der Waals surface area contributed by atoms with E-state index in [9.17, 15) is 4.79 Å². The average Bonchev–Trinajstić information content (AvgIpc) is 2.39. The van der Waals surface area contributed by atoms with E-state index >= 15 is 0 Å². The Morgan fingerprint density at radius 3 is 2.56 bits per heavy atom. The van der Waals surface area contributed by atoms with E-state index < -0.39 is 0 Å². The highest BCUT2D eigenvalue weighted by Gasteiger charge is 2.16. The Hall–Kier alpha value is -0.530. The van der Waals surface area contributed by atoms with E-state index in [4.69, 9.17) is 0 Å². The van der Waals surface area contributed by atoms with Gasteiger partial charge in [0.05, 0.1) is 7.11 Å². The lowest BCUT2D eigenvalue weighted by atomic mass is 9.82. The summed E-state index contributed by atoms with van der Waals surface area (Å²) in [6, 6.07) is 0. The standard InChI is InChI=1S/C16H30O2/c1-14(13-15-10-6-4-7-11-15)9-5-3-8-12-16(17)18-2/h14-15H,3-13H2,1-2H3. The van der Waals surface area contributed by atoms with Gasteiger partial charge in [-0.25, -0.2) is 0 Å². The Bertz CT molecular complexity index is 219. The summed E-state index contributed by atoms with van der Waals surface area (Å²) in [7, 11) is 1.47. The van der Waals surface area contributed by atoms with Crippen LogP contribution in [0.3, 0.4) is 0 Å². The monoisotopic (exact) mass is 254 g/mol. The number of rotatable bonds is 8. The molecule has 0 radical (unpaired) electrons. The predicted molar refractivity (Wildman–Crippen MR) is 75.5 cm³/mol. The minimum atomic E-state index is -0.0646. The van der Waals surface area contributed by atoms with Crippen LogP contribution in [0.2, 0.25) is 0 Å². The van der Waals surface area contributed by atoms with Gasteiger partial charge in [-0.2, -0.15) is 0 Å². The smallest absolute Gasteiger partial charge is 0.305 e. The first-order valence-corrected chi connectivity index (χ1v) is 7.79. The number of esters is 1. The molecule has 0 amide bonds. The largest absolute Gasteiger partial charge is 0.469 e. The van der Waals surface area contributed by atoms with E-state index in [-0.39, 0.29) is 5.97 Å². The molecular weight excluding hydrogens is 224 g/mol. The lowest BCUT2D eigenvalue weighted by Crippen LogP contribution is -2.10. The quantitative estimate of drug-likeness (QED) is 0.463.